The number of nitrogens with zero attached hydrogens (tertiary/aromatic N) is 1. The van der Waals surface area contributed by atoms with Gasteiger partial charge in [-0.25, -0.2) is 0 Å². The monoisotopic (exact) mass is 255 g/mol. The molecular formula is C13H18ClNO2. The highest BCUT2D eigenvalue weighted by atomic mass is 35.5. The van der Waals surface area contributed by atoms with Gasteiger partial charge in [-0.05, 0) is 30.9 Å². The van der Waals surface area contributed by atoms with Crippen molar-refractivity contribution >= 4 is 17.3 Å². The lowest BCUT2D eigenvalue weighted by atomic mass is 9.97. The molecular weight excluding hydrogens is 238 g/mol. The molecule has 2 N–H and O–H groups in total. The second-order valence-electron chi connectivity index (χ2n) is 4.54. The second kappa shape index (κ2) is 5.71. The van der Waals surface area contributed by atoms with Crippen LogP contribution in [0.3, 0.4) is 0 Å². The molecule has 94 valence electrons. The fraction of sp³-hybridized carbons (Fsp3) is 0.538. The third kappa shape index (κ3) is 2.92. The summed E-state index contributed by atoms with van der Waals surface area (Å²) >= 11 is 6.00. The first kappa shape index (κ1) is 12.7. The fourth-order valence-electron chi connectivity index (χ4n) is 2.32. The van der Waals surface area contributed by atoms with Gasteiger partial charge < -0.3 is 15.1 Å². The van der Waals surface area contributed by atoms with Gasteiger partial charge in [0.15, 0.2) is 0 Å². The van der Waals surface area contributed by atoms with Crippen LogP contribution in [0.2, 0.25) is 5.02 Å². The van der Waals surface area contributed by atoms with Crippen LogP contribution in [0.4, 0.5) is 5.69 Å². The summed E-state index contributed by atoms with van der Waals surface area (Å²) in [5.41, 5.74) is 1.94. The highest BCUT2D eigenvalue weighted by Gasteiger charge is 2.20. The zero-order valence-electron chi connectivity index (χ0n) is 9.77. The molecule has 1 aliphatic rings. The zero-order chi connectivity index (χ0) is 12.3. The van der Waals surface area contributed by atoms with Crippen molar-refractivity contribution in [3.05, 3.63) is 28.8 Å². The van der Waals surface area contributed by atoms with Crippen LogP contribution in [0.1, 0.15) is 18.4 Å². The van der Waals surface area contributed by atoms with E-state index in [1.54, 1.807) is 6.07 Å². The van der Waals surface area contributed by atoms with E-state index in [1.807, 2.05) is 12.1 Å². The van der Waals surface area contributed by atoms with Crippen molar-refractivity contribution in [3.63, 3.8) is 0 Å². The van der Waals surface area contributed by atoms with Gasteiger partial charge in [0, 0.05) is 36.0 Å². The van der Waals surface area contributed by atoms with Crippen molar-refractivity contribution in [2.24, 2.45) is 5.92 Å². The van der Waals surface area contributed by atoms with Crippen molar-refractivity contribution in [2.45, 2.75) is 19.4 Å². The first-order chi connectivity index (χ1) is 8.24. The molecule has 0 atom stereocenters. The normalized spacial score (nSPS) is 17.5. The summed E-state index contributed by atoms with van der Waals surface area (Å²) in [5.74, 6) is 0.419. The minimum Gasteiger partial charge on any atom is -0.396 e. The number of aliphatic hydroxyl groups is 2. The molecule has 0 spiro atoms. The van der Waals surface area contributed by atoms with Crippen LogP contribution >= 0.6 is 11.6 Å². The lowest BCUT2D eigenvalue weighted by Crippen LogP contribution is -2.35. The maximum atomic E-state index is 9.33. The lowest BCUT2D eigenvalue weighted by molar-refractivity contribution is 0.202. The van der Waals surface area contributed by atoms with Crippen LogP contribution in [0.25, 0.3) is 0 Å². The Balaban J connectivity index is 2.14. The van der Waals surface area contributed by atoms with Gasteiger partial charge in [-0.3, -0.25) is 0 Å². The van der Waals surface area contributed by atoms with Crippen LogP contribution < -0.4 is 4.90 Å². The third-order valence-corrected chi connectivity index (χ3v) is 3.67. The number of halogens is 1. The smallest absolute Gasteiger partial charge is 0.0702 e. The van der Waals surface area contributed by atoms with Gasteiger partial charge in [0.2, 0.25) is 0 Å². The molecule has 1 aromatic carbocycles. The molecule has 1 saturated heterocycles. The molecule has 4 heteroatoms. The summed E-state index contributed by atoms with van der Waals surface area (Å²) in [6, 6.07) is 5.58. The predicted molar refractivity (Wildman–Crippen MR) is 69.4 cm³/mol. The van der Waals surface area contributed by atoms with Crippen LogP contribution in [-0.2, 0) is 6.61 Å². The molecule has 1 heterocycles. The van der Waals surface area contributed by atoms with Gasteiger partial charge in [0.25, 0.3) is 0 Å². The predicted octanol–water partition coefficient (Wildman–Crippen LogP) is 2.04. The van der Waals surface area contributed by atoms with Crippen molar-refractivity contribution in [3.8, 4) is 0 Å². The Kier molecular flexibility index (Phi) is 4.26. The van der Waals surface area contributed by atoms with Gasteiger partial charge in [-0.2, -0.15) is 0 Å². The molecule has 0 radical (unpaired) electrons. The van der Waals surface area contributed by atoms with Crippen molar-refractivity contribution in [1.82, 2.24) is 0 Å². The van der Waals surface area contributed by atoms with Crippen LogP contribution in [-0.4, -0.2) is 29.9 Å². The van der Waals surface area contributed by atoms with Crippen LogP contribution in [0, 0.1) is 5.92 Å². The summed E-state index contributed by atoms with van der Waals surface area (Å²) < 4.78 is 0. The highest BCUT2D eigenvalue weighted by molar-refractivity contribution is 6.30. The number of aliphatic hydroxyl groups excluding tert-OH is 2. The number of hydrogen-bond acceptors (Lipinski definition) is 3. The third-order valence-electron chi connectivity index (χ3n) is 3.43. The zero-order valence-corrected chi connectivity index (χ0v) is 10.5. The van der Waals surface area contributed by atoms with E-state index in [1.165, 1.54) is 0 Å². The molecule has 1 aliphatic heterocycles. The van der Waals surface area contributed by atoms with E-state index < -0.39 is 0 Å². The van der Waals surface area contributed by atoms with Crippen LogP contribution in [0.15, 0.2) is 18.2 Å². The number of hydrogen-bond donors (Lipinski definition) is 2. The number of benzene rings is 1. The molecule has 2 rings (SSSR count). The largest absolute Gasteiger partial charge is 0.396 e. The lowest BCUT2D eigenvalue weighted by Gasteiger charge is -2.34. The summed E-state index contributed by atoms with van der Waals surface area (Å²) in [5, 5.41) is 19.1. The maximum absolute atomic E-state index is 9.33. The van der Waals surface area contributed by atoms with Crippen LogP contribution in [0.5, 0.6) is 0 Å². The van der Waals surface area contributed by atoms with E-state index in [0.29, 0.717) is 10.9 Å². The number of piperidine rings is 1. The number of rotatable bonds is 3. The van der Waals surface area contributed by atoms with Crippen molar-refractivity contribution in [1.29, 1.82) is 0 Å². The molecule has 0 saturated carbocycles. The van der Waals surface area contributed by atoms with Gasteiger partial charge in [-0.15, -0.1) is 0 Å². The molecule has 17 heavy (non-hydrogen) atoms. The first-order valence-corrected chi connectivity index (χ1v) is 6.37. The van der Waals surface area contributed by atoms with E-state index in [-0.39, 0.29) is 13.2 Å². The van der Waals surface area contributed by atoms with Crippen molar-refractivity contribution in [2.75, 3.05) is 24.6 Å². The Morgan fingerprint density at radius 1 is 1.24 bits per heavy atom. The Bertz CT molecular complexity index is 376. The summed E-state index contributed by atoms with van der Waals surface area (Å²) in [4.78, 5) is 2.24. The molecule has 3 nitrogen and oxygen atoms in total. The molecule has 0 aliphatic carbocycles. The van der Waals surface area contributed by atoms with E-state index in [0.717, 1.165) is 37.2 Å². The van der Waals surface area contributed by atoms with E-state index in [9.17, 15) is 5.11 Å². The molecule has 1 aromatic rings. The average Bonchev–Trinajstić information content (AvgIpc) is 2.39. The standard InChI is InChI=1S/C13H18ClNO2/c14-12-2-1-11(9-17)13(7-12)15-5-3-10(8-16)4-6-15/h1-2,7,10,16-17H,3-6,8-9H2. The Morgan fingerprint density at radius 2 is 1.94 bits per heavy atom. The van der Waals surface area contributed by atoms with Gasteiger partial charge in [-0.1, -0.05) is 17.7 Å². The quantitative estimate of drug-likeness (QED) is 0.869. The first-order valence-electron chi connectivity index (χ1n) is 5.99. The molecule has 0 aromatic heterocycles. The minimum absolute atomic E-state index is 0.0342. The summed E-state index contributed by atoms with van der Waals surface area (Å²) in [7, 11) is 0. The Hall–Kier alpha value is -0.770. The van der Waals surface area contributed by atoms with Gasteiger partial charge in [0.1, 0.15) is 0 Å². The van der Waals surface area contributed by atoms with Gasteiger partial charge in [0.05, 0.1) is 6.61 Å². The minimum atomic E-state index is 0.0342. The number of anilines is 1. The SMILES string of the molecule is OCc1ccc(Cl)cc1N1CCC(CO)CC1. The molecule has 0 bridgehead atoms. The molecule has 0 unspecified atom stereocenters. The highest BCUT2D eigenvalue weighted by Crippen LogP contribution is 2.28. The maximum Gasteiger partial charge on any atom is 0.0702 e. The van der Waals surface area contributed by atoms with Crippen molar-refractivity contribution < 1.29 is 10.2 Å². The second-order valence-corrected chi connectivity index (χ2v) is 4.98. The fourth-order valence-corrected chi connectivity index (χ4v) is 2.49. The summed E-state index contributed by atoms with van der Waals surface area (Å²) in [6.07, 6.45) is 1.99. The Labute approximate surface area is 107 Å². The van der Waals surface area contributed by atoms with E-state index >= 15 is 0 Å². The molecule has 1 fully saturated rings. The Morgan fingerprint density at radius 3 is 2.53 bits per heavy atom. The van der Waals surface area contributed by atoms with E-state index in [2.05, 4.69) is 4.90 Å². The average molecular weight is 256 g/mol. The van der Waals surface area contributed by atoms with E-state index in [4.69, 9.17) is 16.7 Å². The topological polar surface area (TPSA) is 43.7 Å². The molecule has 0 amide bonds. The van der Waals surface area contributed by atoms with Gasteiger partial charge >= 0.3 is 0 Å². The summed E-state index contributed by atoms with van der Waals surface area (Å²) in [6.45, 7) is 2.14.